The Bertz CT molecular complexity index is 1010. The first-order valence-electron chi connectivity index (χ1n) is 9.82. The molecule has 0 aromatic heterocycles. The number of methoxy groups -OCH3 is 2. The van der Waals surface area contributed by atoms with Crippen LogP contribution in [0.4, 0.5) is 0 Å². The minimum absolute atomic E-state index is 0.0130. The molecule has 0 unspecified atom stereocenters. The highest BCUT2D eigenvalue weighted by Crippen LogP contribution is 2.30. The Kier molecular flexibility index (Phi) is 6.67. The van der Waals surface area contributed by atoms with Gasteiger partial charge in [-0.3, -0.25) is 4.79 Å². The SMILES string of the molecule is COc1ccc(CC(=O)N2CCN(S(=O)(=O)c3cc(C)c(C)cc3OC)CC2)cc1. The summed E-state index contributed by atoms with van der Waals surface area (Å²) in [6, 6.07) is 10.8. The fourth-order valence-electron chi connectivity index (χ4n) is 3.47. The Labute approximate surface area is 178 Å². The standard InChI is InChI=1S/C22H28N2O5S/c1-16-13-20(29-4)21(14-17(16)2)30(26,27)24-11-9-23(10-12-24)22(25)15-18-5-7-19(28-3)8-6-18/h5-8,13-14H,9-12,15H2,1-4H3. The molecule has 1 aliphatic heterocycles. The van der Waals surface area contributed by atoms with Crippen molar-refractivity contribution >= 4 is 15.9 Å². The van der Waals surface area contributed by atoms with Gasteiger partial charge in [0.2, 0.25) is 15.9 Å². The van der Waals surface area contributed by atoms with Crippen LogP contribution in [0, 0.1) is 13.8 Å². The summed E-state index contributed by atoms with van der Waals surface area (Å²) in [7, 11) is -0.634. The zero-order valence-corrected chi connectivity index (χ0v) is 18.7. The Balaban J connectivity index is 1.67. The smallest absolute Gasteiger partial charge is 0.246 e. The maximum absolute atomic E-state index is 13.2. The second-order valence-electron chi connectivity index (χ2n) is 7.40. The molecule has 1 heterocycles. The van der Waals surface area contributed by atoms with E-state index < -0.39 is 10.0 Å². The maximum Gasteiger partial charge on any atom is 0.246 e. The molecule has 2 aromatic carbocycles. The van der Waals surface area contributed by atoms with Crippen LogP contribution in [0.3, 0.4) is 0 Å². The van der Waals surface area contributed by atoms with E-state index in [1.807, 2.05) is 38.1 Å². The molecule has 0 spiro atoms. The van der Waals surface area contributed by atoms with Gasteiger partial charge in [-0.1, -0.05) is 12.1 Å². The highest BCUT2D eigenvalue weighted by molar-refractivity contribution is 7.89. The minimum atomic E-state index is -3.70. The van der Waals surface area contributed by atoms with Crippen LogP contribution in [0.25, 0.3) is 0 Å². The van der Waals surface area contributed by atoms with Crippen LogP contribution >= 0.6 is 0 Å². The van der Waals surface area contributed by atoms with Gasteiger partial charge in [0.1, 0.15) is 16.4 Å². The van der Waals surface area contributed by atoms with Crippen molar-refractivity contribution in [3.05, 3.63) is 53.1 Å². The molecule has 2 aromatic rings. The van der Waals surface area contributed by atoms with E-state index in [-0.39, 0.29) is 30.3 Å². The zero-order chi connectivity index (χ0) is 21.9. The average Bonchev–Trinajstić information content (AvgIpc) is 2.75. The molecule has 1 amide bonds. The molecule has 3 rings (SSSR count). The predicted octanol–water partition coefficient (Wildman–Crippen LogP) is 2.40. The van der Waals surface area contributed by atoms with E-state index in [0.717, 1.165) is 22.4 Å². The van der Waals surface area contributed by atoms with Gasteiger partial charge < -0.3 is 14.4 Å². The van der Waals surface area contributed by atoms with E-state index in [1.54, 1.807) is 24.1 Å². The van der Waals surface area contributed by atoms with Crippen LogP contribution in [0.5, 0.6) is 11.5 Å². The molecule has 7 nitrogen and oxygen atoms in total. The van der Waals surface area contributed by atoms with Crippen molar-refractivity contribution in [3.8, 4) is 11.5 Å². The van der Waals surface area contributed by atoms with Gasteiger partial charge in [0.15, 0.2) is 0 Å². The lowest BCUT2D eigenvalue weighted by molar-refractivity contribution is -0.131. The van der Waals surface area contributed by atoms with Gasteiger partial charge in [-0.2, -0.15) is 4.31 Å². The third kappa shape index (κ3) is 4.60. The number of carbonyl (C=O) groups excluding carboxylic acids is 1. The van der Waals surface area contributed by atoms with E-state index in [2.05, 4.69) is 0 Å². The highest BCUT2D eigenvalue weighted by atomic mass is 32.2. The van der Waals surface area contributed by atoms with Gasteiger partial charge in [-0.15, -0.1) is 0 Å². The normalized spacial score (nSPS) is 15.1. The molecule has 1 saturated heterocycles. The third-order valence-corrected chi connectivity index (χ3v) is 7.42. The van der Waals surface area contributed by atoms with Crippen molar-refractivity contribution in [1.82, 2.24) is 9.21 Å². The molecule has 0 saturated carbocycles. The number of carbonyl (C=O) groups is 1. The summed E-state index contributed by atoms with van der Waals surface area (Å²) in [5.74, 6) is 1.07. The second kappa shape index (κ2) is 9.06. The Morgan fingerprint density at radius 1 is 0.933 bits per heavy atom. The first-order chi connectivity index (χ1) is 14.3. The first kappa shape index (κ1) is 22.1. The molecule has 0 N–H and O–H groups in total. The number of sulfonamides is 1. The van der Waals surface area contributed by atoms with Crippen LogP contribution in [0.2, 0.25) is 0 Å². The van der Waals surface area contributed by atoms with E-state index in [0.29, 0.717) is 18.8 Å². The van der Waals surface area contributed by atoms with Crippen molar-refractivity contribution in [2.45, 2.75) is 25.2 Å². The van der Waals surface area contributed by atoms with Crippen LogP contribution in [0.15, 0.2) is 41.3 Å². The summed E-state index contributed by atoms with van der Waals surface area (Å²) in [5, 5.41) is 0. The van der Waals surface area contributed by atoms with E-state index in [9.17, 15) is 13.2 Å². The Hall–Kier alpha value is -2.58. The number of amides is 1. The summed E-state index contributed by atoms with van der Waals surface area (Å²) >= 11 is 0. The molecule has 162 valence electrons. The van der Waals surface area contributed by atoms with Crippen LogP contribution < -0.4 is 9.47 Å². The van der Waals surface area contributed by atoms with Crippen molar-refractivity contribution < 1.29 is 22.7 Å². The molecular weight excluding hydrogens is 404 g/mol. The van der Waals surface area contributed by atoms with Crippen molar-refractivity contribution in [1.29, 1.82) is 0 Å². The quantitative estimate of drug-likeness (QED) is 0.701. The van der Waals surface area contributed by atoms with Gasteiger partial charge in [-0.25, -0.2) is 8.42 Å². The van der Waals surface area contributed by atoms with Gasteiger partial charge in [-0.05, 0) is 54.8 Å². The monoisotopic (exact) mass is 432 g/mol. The van der Waals surface area contributed by atoms with Gasteiger partial charge in [0, 0.05) is 26.2 Å². The summed E-state index contributed by atoms with van der Waals surface area (Å²) in [6.07, 6.45) is 0.279. The predicted molar refractivity (Wildman–Crippen MR) is 115 cm³/mol. The summed E-state index contributed by atoms with van der Waals surface area (Å²) in [5.41, 5.74) is 2.76. The van der Waals surface area contributed by atoms with Crippen molar-refractivity contribution in [2.24, 2.45) is 0 Å². The largest absolute Gasteiger partial charge is 0.497 e. The van der Waals surface area contributed by atoms with Crippen molar-refractivity contribution in [3.63, 3.8) is 0 Å². The van der Waals surface area contributed by atoms with E-state index in [4.69, 9.17) is 9.47 Å². The van der Waals surface area contributed by atoms with Gasteiger partial charge in [0.25, 0.3) is 0 Å². The second-order valence-corrected chi connectivity index (χ2v) is 9.30. The molecule has 0 radical (unpaired) electrons. The molecule has 1 fully saturated rings. The van der Waals surface area contributed by atoms with E-state index >= 15 is 0 Å². The molecule has 8 heteroatoms. The topological polar surface area (TPSA) is 76.2 Å². The Morgan fingerprint density at radius 2 is 1.53 bits per heavy atom. The third-order valence-electron chi connectivity index (χ3n) is 5.50. The molecular formula is C22H28N2O5S. The highest BCUT2D eigenvalue weighted by Gasteiger charge is 2.32. The minimum Gasteiger partial charge on any atom is -0.497 e. The molecule has 30 heavy (non-hydrogen) atoms. The summed E-state index contributed by atoms with van der Waals surface area (Å²) < 4.78 is 38.3. The lowest BCUT2D eigenvalue weighted by atomic mass is 10.1. The first-order valence-corrected chi connectivity index (χ1v) is 11.3. The number of hydrogen-bond acceptors (Lipinski definition) is 5. The maximum atomic E-state index is 13.2. The van der Waals surface area contributed by atoms with Gasteiger partial charge in [0.05, 0.1) is 20.6 Å². The molecule has 1 aliphatic rings. The molecule has 0 aliphatic carbocycles. The van der Waals surface area contributed by atoms with Gasteiger partial charge >= 0.3 is 0 Å². The number of ether oxygens (including phenoxy) is 2. The number of piperazine rings is 1. The number of aryl methyl sites for hydroxylation is 2. The molecule has 0 bridgehead atoms. The fourth-order valence-corrected chi connectivity index (χ4v) is 5.12. The average molecular weight is 433 g/mol. The van der Waals surface area contributed by atoms with Crippen LogP contribution in [-0.4, -0.2) is 63.9 Å². The number of benzene rings is 2. The Morgan fingerprint density at radius 3 is 2.10 bits per heavy atom. The summed E-state index contributed by atoms with van der Waals surface area (Å²) in [6.45, 7) is 5.04. The number of nitrogens with zero attached hydrogens (tertiary/aromatic N) is 2. The van der Waals surface area contributed by atoms with Crippen LogP contribution in [0.1, 0.15) is 16.7 Å². The van der Waals surface area contributed by atoms with Crippen molar-refractivity contribution in [2.75, 3.05) is 40.4 Å². The molecule has 0 atom stereocenters. The number of hydrogen-bond donors (Lipinski definition) is 0. The fraction of sp³-hybridized carbons (Fsp3) is 0.409. The van der Waals surface area contributed by atoms with E-state index in [1.165, 1.54) is 11.4 Å². The van der Waals surface area contributed by atoms with Crippen LogP contribution in [-0.2, 0) is 21.2 Å². The zero-order valence-electron chi connectivity index (χ0n) is 17.8. The summed E-state index contributed by atoms with van der Waals surface area (Å²) in [4.78, 5) is 14.5. The lowest BCUT2D eigenvalue weighted by Gasteiger charge is -2.34. The number of rotatable bonds is 6. The lowest BCUT2D eigenvalue weighted by Crippen LogP contribution is -2.50.